The fourth-order valence-corrected chi connectivity index (χ4v) is 3.82. The Morgan fingerprint density at radius 1 is 1.04 bits per heavy atom. The number of amides is 1. The fraction of sp³-hybridized carbons (Fsp3) is 0.304. The van der Waals surface area contributed by atoms with E-state index >= 15 is 0 Å². The number of anilines is 1. The van der Waals surface area contributed by atoms with Gasteiger partial charge in [0.1, 0.15) is 0 Å². The van der Waals surface area contributed by atoms with Gasteiger partial charge in [0.05, 0.1) is 11.7 Å². The van der Waals surface area contributed by atoms with Gasteiger partial charge in [0.2, 0.25) is 5.91 Å². The standard InChI is InChI=1S/C23H26N4O/c28-23(25-20-10-12-21(13-11-20)27-17-6-15-24-27)22-9-4-5-16-26(22)18-14-19-7-2-1-3-8-19/h1-3,6-8,10-13,15,17,22H,4-5,9,14,16,18H2,(H,25,28)/t22-/m1/s1. The predicted octanol–water partition coefficient (Wildman–Crippen LogP) is 3.91. The summed E-state index contributed by atoms with van der Waals surface area (Å²) in [6.45, 7) is 1.91. The number of aromatic nitrogens is 2. The molecule has 5 nitrogen and oxygen atoms in total. The molecular weight excluding hydrogens is 348 g/mol. The van der Waals surface area contributed by atoms with Crippen molar-refractivity contribution >= 4 is 11.6 Å². The average Bonchev–Trinajstić information content (AvgIpc) is 3.29. The minimum absolute atomic E-state index is 0.0525. The lowest BCUT2D eigenvalue weighted by atomic mass is 10.00. The second-order valence-electron chi connectivity index (χ2n) is 7.27. The summed E-state index contributed by atoms with van der Waals surface area (Å²) in [5, 5.41) is 7.33. The maximum Gasteiger partial charge on any atom is 0.241 e. The van der Waals surface area contributed by atoms with Crippen molar-refractivity contribution in [1.82, 2.24) is 14.7 Å². The van der Waals surface area contributed by atoms with Gasteiger partial charge in [-0.15, -0.1) is 0 Å². The Kier molecular flexibility index (Phi) is 5.83. The highest BCUT2D eigenvalue weighted by Crippen LogP contribution is 2.20. The van der Waals surface area contributed by atoms with Crippen molar-refractivity contribution in [1.29, 1.82) is 0 Å². The molecule has 0 unspecified atom stereocenters. The molecule has 1 fully saturated rings. The zero-order chi connectivity index (χ0) is 19.2. The molecule has 5 heteroatoms. The second kappa shape index (κ2) is 8.85. The summed E-state index contributed by atoms with van der Waals surface area (Å²) in [7, 11) is 0. The summed E-state index contributed by atoms with van der Waals surface area (Å²) < 4.78 is 1.80. The maximum absolute atomic E-state index is 12.9. The number of likely N-dealkylation sites (tertiary alicyclic amines) is 1. The van der Waals surface area contributed by atoms with Crippen molar-refractivity contribution in [3.63, 3.8) is 0 Å². The van der Waals surface area contributed by atoms with Gasteiger partial charge in [-0.05, 0) is 61.7 Å². The third kappa shape index (κ3) is 4.49. The summed E-state index contributed by atoms with van der Waals surface area (Å²) in [4.78, 5) is 15.3. The summed E-state index contributed by atoms with van der Waals surface area (Å²) in [6, 6.07) is 20.1. The molecule has 1 N–H and O–H groups in total. The number of nitrogens with one attached hydrogen (secondary N) is 1. The first-order valence-electron chi connectivity index (χ1n) is 9.98. The quantitative estimate of drug-likeness (QED) is 0.712. The fourth-order valence-electron chi connectivity index (χ4n) is 3.82. The van der Waals surface area contributed by atoms with Gasteiger partial charge in [0.25, 0.3) is 0 Å². The monoisotopic (exact) mass is 374 g/mol. The average molecular weight is 374 g/mol. The van der Waals surface area contributed by atoms with Crippen LogP contribution >= 0.6 is 0 Å². The van der Waals surface area contributed by atoms with E-state index in [0.29, 0.717) is 0 Å². The molecule has 1 aliphatic rings. The van der Waals surface area contributed by atoms with Gasteiger partial charge in [0, 0.05) is 24.6 Å². The van der Waals surface area contributed by atoms with Crippen LogP contribution < -0.4 is 5.32 Å². The molecular formula is C23H26N4O. The number of carbonyl (C=O) groups excluding carboxylic acids is 1. The van der Waals surface area contributed by atoms with E-state index in [2.05, 4.69) is 39.6 Å². The first-order chi connectivity index (χ1) is 13.8. The number of benzene rings is 2. The van der Waals surface area contributed by atoms with Crippen molar-refractivity contribution in [2.24, 2.45) is 0 Å². The van der Waals surface area contributed by atoms with Crippen molar-refractivity contribution < 1.29 is 4.79 Å². The lowest BCUT2D eigenvalue weighted by Crippen LogP contribution is -2.47. The van der Waals surface area contributed by atoms with Gasteiger partial charge >= 0.3 is 0 Å². The first-order valence-corrected chi connectivity index (χ1v) is 9.98. The van der Waals surface area contributed by atoms with E-state index in [9.17, 15) is 4.79 Å². The molecule has 0 aliphatic carbocycles. The highest BCUT2D eigenvalue weighted by Gasteiger charge is 2.28. The molecule has 1 aliphatic heterocycles. The molecule has 2 heterocycles. The van der Waals surface area contributed by atoms with Crippen LogP contribution in [0.25, 0.3) is 5.69 Å². The third-order valence-electron chi connectivity index (χ3n) is 5.35. The Bertz CT molecular complexity index is 875. The Balaban J connectivity index is 1.37. The molecule has 28 heavy (non-hydrogen) atoms. The zero-order valence-corrected chi connectivity index (χ0v) is 16.0. The van der Waals surface area contributed by atoms with Gasteiger partial charge in [0.15, 0.2) is 0 Å². The Morgan fingerprint density at radius 3 is 2.61 bits per heavy atom. The molecule has 0 bridgehead atoms. The van der Waals surface area contributed by atoms with E-state index in [1.807, 2.05) is 42.6 Å². The Hall–Kier alpha value is -2.92. The lowest BCUT2D eigenvalue weighted by Gasteiger charge is -2.34. The summed E-state index contributed by atoms with van der Waals surface area (Å²) >= 11 is 0. The molecule has 3 aromatic rings. The van der Waals surface area contributed by atoms with Crippen LogP contribution in [0.1, 0.15) is 24.8 Å². The topological polar surface area (TPSA) is 50.2 Å². The van der Waals surface area contributed by atoms with Crippen molar-refractivity contribution in [3.05, 3.63) is 78.6 Å². The van der Waals surface area contributed by atoms with Crippen molar-refractivity contribution in [3.8, 4) is 5.69 Å². The smallest absolute Gasteiger partial charge is 0.241 e. The number of nitrogens with zero attached hydrogens (tertiary/aromatic N) is 3. The molecule has 1 atom stereocenters. The van der Waals surface area contributed by atoms with E-state index in [1.165, 1.54) is 5.56 Å². The minimum atomic E-state index is -0.0525. The highest BCUT2D eigenvalue weighted by atomic mass is 16.2. The van der Waals surface area contributed by atoms with E-state index < -0.39 is 0 Å². The van der Waals surface area contributed by atoms with E-state index in [-0.39, 0.29) is 11.9 Å². The molecule has 2 aromatic carbocycles. The number of rotatable bonds is 6. The summed E-state index contributed by atoms with van der Waals surface area (Å²) in [5.41, 5.74) is 3.13. The van der Waals surface area contributed by atoms with Gasteiger partial charge in [-0.3, -0.25) is 9.69 Å². The van der Waals surface area contributed by atoms with Crippen LogP contribution in [0, 0.1) is 0 Å². The number of piperidine rings is 1. The zero-order valence-electron chi connectivity index (χ0n) is 16.0. The van der Waals surface area contributed by atoms with Gasteiger partial charge in [-0.1, -0.05) is 36.8 Å². The molecule has 4 rings (SSSR count). The normalized spacial score (nSPS) is 17.4. The van der Waals surface area contributed by atoms with Gasteiger partial charge in [-0.25, -0.2) is 4.68 Å². The largest absolute Gasteiger partial charge is 0.325 e. The van der Waals surface area contributed by atoms with E-state index in [0.717, 1.165) is 50.1 Å². The van der Waals surface area contributed by atoms with E-state index in [4.69, 9.17) is 0 Å². The van der Waals surface area contributed by atoms with Crippen LogP contribution in [0.15, 0.2) is 73.1 Å². The molecule has 0 spiro atoms. The van der Waals surface area contributed by atoms with Crippen LogP contribution in [0.4, 0.5) is 5.69 Å². The Morgan fingerprint density at radius 2 is 1.86 bits per heavy atom. The summed E-state index contributed by atoms with van der Waals surface area (Å²) in [5.74, 6) is 0.0969. The van der Waals surface area contributed by atoms with Crippen LogP contribution in [0.3, 0.4) is 0 Å². The molecule has 1 amide bonds. The summed E-state index contributed by atoms with van der Waals surface area (Å²) in [6.07, 6.45) is 7.83. The SMILES string of the molecule is O=C(Nc1ccc(-n2cccn2)cc1)[C@H]1CCCCN1CCc1ccccc1. The predicted molar refractivity (Wildman–Crippen MR) is 112 cm³/mol. The van der Waals surface area contributed by atoms with Gasteiger partial charge in [-0.2, -0.15) is 5.10 Å². The first kappa shape index (κ1) is 18.4. The van der Waals surface area contributed by atoms with Crippen LogP contribution in [-0.4, -0.2) is 39.7 Å². The maximum atomic E-state index is 12.9. The third-order valence-corrected chi connectivity index (χ3v) is 5.35. The minimum Gasteiger partial charge on any atom is -0.325 e. The molecule has 144 valence electrons. The number of hydrogen-bond acceptors (Lipinski definition) is 3. The molecule has 0 saturated carbocycles. The molecule has 1 saturated heterocycles. The molecule has 1 aromatic heterocycles. The lowest BCUT2D eigenvalue weighted by molar-refractivity contribution is -0.122. The van der Waals surface area contributed by atoms with Crippen molar-refractivity contribution in [2.75, 3.05) is 18.4 Å². The highest BCUT2D eigenvalue weighted by molar-refractivity contribution is 5.95. The Labute approximate surface area is 166 Å². The van der Waals surface area contributed by atoms with Crippen LogP contribution in [-0.2, 0) is 11.2 Å². The number of carbonyl (C=O) groups is 1. The van der Waals surface area contributed by atoms with Crippen LogP contribution in [0.5, 0.6) is 0 Å². The molecule has 0 radical (unpaired) electrons. The number of hydrogen-bond donors (Lipinski definition) is 1. The van der Waals surface area contributed by atoms with Gasteiger partial charge < -0.3 is 5.32 Å². The van der Waals surface area contributed by atoms with Crippen LogP contribution in [0.2, 0.25) is 0 Å². The van der Waals surface area contributed by atoms with E-state index in [1.54, 1.807) is 10.9 Å². The van der Waals surface area contributed by atoms with Crippen molar-refractivity contribution in [2.45, 2.75) is 31.7 Å². The second-order valence-corrected chi connectivity index (χ2v) is 7.27.